The molecule has 2 aromatic rings. The van der Waals surface area contributed by atoms with E-state index in [4.69, 9.17) is 4.42 Å². The van der Waals surface area contributed by atoms with Crippen LogP contribution in [0.15, 0.2) is 41.0 Å². The first-order valence-electron chi connectivity index (χ1n) is 13.4. The highest BCUT2D eigenvalue weighted by Gasteiger charge is 2.28. The van der Waals surface area contributed by atoms with Crippen molar-refractivity contribution in [3.05, 3.63) is 47.9 Å². The van der Waals surface area contributed by atoms with Crippen LogP contribution in [0.2, 0.25) is 0 Å². The number of nitrogens with one attached hydrogen (secondary N) is 1. The zero-order valence-corrected chi connectivity index (χ0v) is 20.9. The fourth-order valence-corrected chi connectivity index (χ4v) is 5.68. The maximum absolute atomic E-state index is 13.7. The molecule has 2 saturated heterocycles. The van der Waals surface area contributed by atoms with Gasteiger partial charge in [0.2, 0.25) is 5.91 Å². The van der Waals surface area contributed by atoms with Gasteiger partial charge < -0.3 is 24.4 Å². The molecule has 1 aromatic carbocycles. The number of likely N-dealkylation sites (tertiary alicyclic amines) is 1. The number of anilines is 2. The van der Waals surface area contributed by atoms with E-state index in [0.717, 1.165) is 76.7 Å². The second kappa shape index (κ2) is 11.2. The molecule has 0 unspecified atom stereocenters. The predicted octanol–water partition coefficient (Wildman–Crippen LogP) is 4.39. The second-order valence-corrected chi connectivity index (χ2v) is 10.2. The molecule has 0 bridgehead atoms. The van der Waals surface area contributed by atoms with Gasteiger partial charge >= 0.3 is 0 Å². The zero-order valence-electron chi connectivity index (χ0n) is 20.9. The molecule has 3 aliphatic rings. The van der Waals surface area contributed by atoms with Crippen LogP contribution in [0.4, 0.5) is 11.4 Å². The van der Waals surface area contributed by atoms with Crippen LogP contribution in [-0.4, -0.2) is 66.8 Å². The molecule has 8 nitrogen and oxygen atoms in total. The molecular formula is C28H36N4O4. The molecule has 0 radical (unpaired) electrons. The quantitative estimate of drug-likeness (QED) is 0.669. The van der Waals surface area contributed by atoms with Crippen molar-refractivity contribution in [1.82, 2.24) is 9.80 Å². The second-order valence-electron chi connectivity index (χ2n) is 10.2. The lowest BCUT2D eigenvalue weighted by Gasteiger charge is -2.30. The lowest BCUT2D eigenvalue weighted by atomic mass is 10.0. The Hall–Kier alpha value is -3.29. The number of carbonyl (C=O) groups excluding carboxylic acids is 3. The van der Waals surface area contributed by atoms with Crippen molar-refractivity contribution in [2.45, 2.75) is 51.4 Å². The van der Waals surface area contributed by atoms with Gasteiger partial charge in [0.15, 0.2) is 5.76 Å². The molecule has 1 saturated carbocycles. The van der Waals surface area contributed by atoms with Gasteiger partial charge in [0.1, 0.15) is 0 Å². The van der Waals surface area contributed by atoms with Crippen molar-refractivity contribution in [3.63, 3.8) is 0 Å². The topological polar surface area (TPSA) is 86.1 Å². The Labute approximate surface area is 212 Å². The predicted molar refractivity (Wildman–Crippen MR) is 138 cm³/mol. The van der Waals surface area contributed by atoms with Crippen LogP contribution in [0.1, 0.15) is 72.3 Å². The summed E-state index contributed by atoms with van der Waals surface area (Å²) >= 11 is 0. The number of carbonyl (C=O) groups is 3. The highest BCUT2D eigenvalue weighted by Crippen LogP contribution is 2.30. The van der Waals surface area contributed by atoms with E-state index in [1.54, 1.807) is 12.1 Å². The van der Waals surface area contributed by atoms with Crippen LogP contribution in [0.3, 0.4) is 0 Å². The van der Waals surface area contributed by atoms with E-state index in [1.165, 1.54) is 6.26 Å². The van der Waals surface area contributed by atoms with Crippen LogP contribution in [0.5, 0.6) is 0 Å². The molecule has 3 heterocycles. The minimum atomic E-state index is -0.101. The highest BCUT2D eigenvalue weighted by molar-refractivity contribution is 6.02. The molecule has 192 valence electrons. The molecule has 2 aliphatic heterocycles. The minimum absolute atomic E-state index is 0.0226. The molecule has 5 rings (SSSR count). The molecule has 36 heavy (non-hydrogen) atoms. The molecule has 0 spiro atoms. The number of rotatable bonds is 5. The van der Waals surface area contributed by atoms with Gasteiger partial charge in [-0.05, 0) is 68.9 Å². The van der Waals surface area contributed by atoms with E-state index < -0.39 is 0 Å². The standard InChI is InChI=1S/C28H36N4O4/c33-26(21-8-2-3-9-21)29-22-11-12-24(23(20-22)27(34)31-13-4-1-5-14-31)30-15-7-16-32(18-17-30)28(35)25-10-6-19-36-25/h6,10-12,19-21H,1-5,7-9,13-18H2,(H,29,33). The Bertz CT molecular complexity index is 1070. The van der Waals surface area contributed by atoms with Crippen LogP contribution >= 0.6 is 0 Å². The van der Waals surface area contributed by atoms with Gasteiger partial charge in [0.25, 0.3) is 11.8 Å². The third kappa shape index (κ3) is 5.42. The van der Waals surface area contributed by atoms with Gasteiger partial charge in [-0.3, -0.25) is 14.4 Å². The van der Waals surface area contributed by atoms with Gasteiger partial charge in [0, 0.05) is 56.6 Å². The maximum atomic E-state index is 13.7. The summed E-state index contributed by atoms with van der Waals surface area (Å²) in [6, 6.07) is 9.15. The number of amides is 3. The third-order valence-corrected chi connectivity index (χ3v) is 7.72. The number of hydrogen-bond donors (Lipinski definition) is 1. The largest absolute Gasteiger partial charge is 0.459 e. The first-order chi connectivity index (χ1) is 17.6. The molecule has 3 amide bonds. The number of hydrogen-bond acceptors (Lipinski definition) is 5. The van der Waals surface area contributed by atoms with Crippen molar-refractivity contribution < 1.29 is 18.8 Å². The Morgan fingerprint density at radius 1 is 0.778 bits per heavy atom. The molecule has 0 atom stereocenters. The van der Waals surface area contributed by atoms with Crippen molar-refractivity contribution in [2.24, 2.45) is 5.92 Å². The molecule has 1 aliphatic carbocycles. The van der Waals surface area contributed by atoms with Gasteiger partial charge in [-0.1, -0.05) is 12.8 Å². The first-order valence-corrected chi connectivity index (χ1v) is 13.4. The Morgan fingerprint density at radius 3 is 2.28 bits per heavy atom. The Balaban J connectivity index is 1.36. The van der Waals surface area contributed by atoms with E-state index >= 15 is 0 Å². The monoisotopic (exact) mass is 492 g/mol. The Kier molecular flexibility index (Phi) is 7.58. The lowest BCUT2D eigenvalue weighted by molar-refractivity contribution is -0.119. The van der Waals surface area contributed by atoms with E-state index in [0.29, 0.717) is 36.6 Å². The highest BCUT2D eigenvalue weighted by atomic mass is 16.3. The maximum Gasteiger partial charge on any atom is 0.289 e. The third-order valence-electron chi connectivity index (χ3n) is 7.72. The van der Waals surface area contributed by atoms with E-state index in [2.05, 4.69) is 10.2 Å². The van der Waals surface area contributed by atoms with Crippen molar-refractivity contribution in [2.75, 3.05) is 49.5 Å². The van der Waals surface area contributed by atoms with Crippen LogP contribution < -0.4 is 10.2 Å². The molecule has 8 heteroatoms. The van der Waals surface area contributed by atoms with Gasteiger partial charge in [-0.2, -0.15) is 0 Å². The van der Waals surface area contributed by atoms with Crippen molar-refractivity contribution >= 4 is 29.1 Å². The van der Waals surface area contributed by atoms with Gasteiger partial charge in [-0.25, -0.2) is 0 Å². The number of furan rings is 1. The summed E-state index contributed by atoms with van der Waals surface area (Å²) in [7, 11) is 0. The summed E-state index contributed by atoms with van der Waals surface area (Å²) in [6.07, 6.45) is 9.58. The van der Waals surface area contributed by atoms with Crippen LogP contribution in [-0.2, 0) is 4.79 Å². The van der Waals surface area contributed by atoms with Crippen molar-refractivity contribution in [3.8, 4) is 0 Å². The number of benzene rings is 1. The minimum Gasteiger partial charge on any atom is -0.459 e. The van der Waals surface area contributed by atoms with Crippen LogP contribution in [0, 0.1) is 5.92 Å². The average Bonchev–Trinajstić information content (AvgIpc) is 3.60. The number of nitrogens with zero attached hydrogens (tertiary/aromatic N) is 3. The summed E-state index contributed by atoms with van der Waals surface area (Å²) in [5.41, 5.74) is 2.18. The summed E-state index contributed by atoms with van der Waals surface area (Å²) in [5, 5.41) is 3.07. The fraction of sp³-hybridized carbons (Fsp3) is 0.536. The summed E-state index contributed by atoms with van der Waals surface area (Å²) < 4.78 is 5.31. The van der Waals surface area contributed by atoms with Gasteiger partial charge in [-0.15, -0.1) is 0 Å². The van der Waals surface area contributed by atoms with Gasteiger partial charge in [0.05, 0.1) is 11.8 Å². The van der Waals surface area contributed by atoms with E-state index in [1.807, 2.05) is 28.0 Å². The number of piperidine rings is 1. The van der Waals surface area contributed by atoms with E-state index in [-0.39, 0.29) is 23.6 Å². The Morgan fingerprint density at radius 2 is 1.53 bits per heavy atom. The van der Waals surface area contributed by atoms with Crippen molar-refractivity contribution in [1.29, 1.82) is 0 Å². The lowest BCUT2D eigenvalue weighted by Crippen LogP contribution is -2.38. The zero-order chi connectivity index (χ0) is 24.9. The smallest absolute Gasteiger partial charge is 0.289 e. The summed E-state index contributed by atoms with van der Waals surface area (Å²) in [6.45, 7) is 4.10. The normalized spacial score (nSPS) is 19.3. The molecular weight excluding hydrogens is 456 g/mol. The fourth-order valence-electron chi connectivity index (χ4n) is 5.68. The molecule has 3 fully saturated rings. The molecule has 1 N–H and O–H groups in total. The average molecular weight is 493 g/mol. The van der Waals surface area contributed by atoms with E-state index in [9.17, 15) is 14.4 Å². The molecule has 1 aromatic heterocycles. The SMILES string of the molecule is O=C(Nc1ccc(N2CCCN(C(=O)c3ccco3)CC2)c(C(=O)N2CCCCC2)c1)C1CCCC1. The first kappa shape index (κ1) is 24.4. The van der Waals surface area contributed by atoms with Crippen LogP contribution in [0.25, 0.3) is 0 Å². The summed E-state index contributed by atoms with van der Waals surface area (Å²) in [4.78, 5) is 45.2. The summed E-state index contributed by atoms with van der Waals surface area (Å²) in [5.74, 6) is 0.394.